The molecule has 132 valence electrons. The predicted octanol–water partition coefficient (Wildman–Crippen LogP) is 1.44. The van der Waals surface area contributed by atoms with Gasteiger partial charge in [-0.05, 0) is 39.8 Å². The first-order chi connectivity index (χ1) is 11.9. The lowest BCUT2D eigenvalue weighted by Crippen LogP contribution is -2.55. The SMILES string of the molecule is Cc1cccc(N2CCN(C(=O)c3nc(C)c(C)[nH]c3=O)[C@H](C)C2)n1. The summed E-state index contributed by atoms with van der Waals surface area (Å²) in [6.45, 7) is 9.38. The van der Waals surface area contributed by atoms with Crippen molar-refractivity contribution >= 4 is 11.7 Å². The number of hydrogen-bond donors (Lipinski definition) is 1. The van der Waals surface area contributed by atoms with E-state index in [1.165, 1.54) is 0 Å². The maximum absolute atomic E-state index is 12.8. The van der Waals surface area contributed by atoms with E-state index in [0.29, 0.717) is 31.0 Å². The molecule has 1 saturated heterocycles. The van der Waals surface area contributed by atoms with E-state index in [4.69, 9.17) is 0 Å². The number of aromatic amines is 1. The smallest absolute Gasteiger partial charge is 0.279 e. The molecule has 1 aliphatic rings. The molecule has 0 aliphatic carbocycles. The first-order valence-electron chi connectivity index (χ1n) is 8.44. The highest BCUT2D eigenvalue weighted by molar-refractivity contribution is 5.92. The lowest BCUT2D eigenvalue weighted by molar-refractivity contribution is 0.0665. The monoisotopic (exact) mass is 341 g/mol. The number of hydrogen-bond acceptors (Lipinski definition) is 5. The number of carbonyl (C=O) groups is 1. The normalized spacial score (nSPS) is 17.7. The van der Waals surface area contributed by atoms with Crippen molar-refractivity contribution in [3.8, 4) is 0 Å². The minimum Gasteiger partial charge on any atom is -0.353 e. The lowest BCUT2D eigenvalue weighted by atomic mass is 10.1. The van der Waals surface area contributed by atoms with Crippen LogP contribution in [0.1, 0.15) is 34.5 Å². The number of piperazine rings is 1. The Morgan fingerprint density at radius 3 is 2.64 bits per heavy atom. The highest BCUT2D eigenvalue weighted by Crippen LogP contribution is 2.18. The van der Waals surface area contributed by atoms with Gasteiger partial charge < -0.3 is 14.8 Å². The third-order valence-electron chi connectivity index (χ3n) is 4.63. The number of H-pyrrole nitrogens is 1. The maximum atomic E-state index is 12.8. The summed E-state index contributed by atoms with van der Waals surface area (Å²) in [6, 6.07) is 5.89. The fraction of sp³-hybridized carbons (Fsp3) is 0.444. The first-order valence-corrected chi connectivity index (χ1v) is 8.44. The highest BCUT2D eigenvalue weighted by atomic mass is 16.2. The molecular formula is C18H23N5O2. The third kappa shape index (κ3) is 3.40. The van der Waals surface area contributed by atoms with Crippen LogP contribution in [-0.4, -0.2) is 51.4 Å². The van der Waals surface area contributed by atoms with Gasteiger partial charge in [0.05, 0.1) is 5.69 Å². The summed E-state index contributed by atoms with van der Waals surface area (Å²) in [5.41, 5.74) is 1.86. The molecule has 0 aromatic carbocycles. The van der Waals surface area contributed by atoms with Crippen LogP contribution in [0.4, 0.5) is 5.82 Å². The van der Waals surface area contributed by atoms with Crippen LogP contribution in [0.25, 0.3) is 0 Å². The van der Waals surface area contributed by atoms with Gasteiger partial charge in [-0.3, -0.25) is 9.59 Å². The van der Waals surface area contributed by atoms with Crippen LogP contribution in [0, 0.1) is 20.8 Å². The highest BCUT2D eigenvalue weighted by Gasteiger charge is 2.30. The van der Waals surface area contributed by atoms with Gasteiger partial charge in [-0.15, -0.1) is 0 Å². The van der Waals surface area contributed by atoms with Gasteiger partial charge >= 0.3 is 0 Å². The summed E-state index contributed by atoms with van der Waals surface area (Å²) < 4.78 is 0. The van der Waals surface area contributed by atoms with Gasteiger partial charge in [-0.2, -0.15) is 0 Å². The van der Waals surface area contributed by atoms with Crippen molar-refractivity contribution < 1.29 is 4.79 Å². The zero-order chi connectivity index (χ0) is 18.1. The van der Waals surface area contributed by atoms with E-state index in [1.807, 2.05) is 32.0 Å². The molecule has 1 N–H and O–H groups in total. The van der Waals surface area contributed by atoms with E-state index in [1.54, 1.807) is 18.7 Å². The Kier molecular flexibility index (Phi) is 4.57. The van der Waals surface area contributed by atoms with Crippen molar-refractivity contribution in [2.24, 2.45) is 0 Å². The van der Waals surface area contributed by atoms with Crippen LogP contribution in [0.3, 0.4) is 0 Å². The number of aryl methyl sites for hydroxylation is 3. The molecule has 25 heavy (non-hydrogen) atoms. The van der Waals surface area contributed by atoms with Gasteiger partial charge in [-0.1, -0.05) is 6.07 Å². The van der Waals surface area contributed by atoms with Crippen molar-refractivity contribution in [1.29, 1.82) is 0 Å². The van der Waals surface area contributed by atoms with Crippen molar-refractivity contribution in [1.82, 2.24) is 19.9 Å². The van der Waals surface area contributed by atoms with Gasteiger partial charge in [0.15, 0.2) is 5.69 Å². The second-order valence-electron chi connectivity index (χ2n) is 6.56. The van der Waals surface area contributed by atoms with Gasteiger partial charge in [0.25, 0.3) is 11.5 Å². The summed E-state index contributed by atoms with van der Waals surface area (Å²) in [5, 5.41) is 0. The van der Waals surface area contributed by atoms with Gasteiger partial charge in [0.2, 0.25) is 0 Å². The van der Waals surface area contributed by atoms with Crippen LogP contribution in [0.2, 0.25) is 0 Å². The van der Waals surface area contributed by atoms with E-state index in [2.05, 4.69) is 19.9 Å². The van der Waals surface area contributed by atoms with Crippen molar-refractivity contribution in [2.45, 2.75) is 33.7 Å². The molecule has 7 heteroatoms. The minimum absolute atomic E-state index is 0.0305. The average Bonchev–Trinajstić information content (AvgIpc) is 2.57. The Morgan fingerprint density at radius 2 is 1.96 bits per heavy atom. The third-order valence-corrected chi connectivity index (χ3v) is 4.63. The molecule has 0 bridgehead atoms. The number of rotatable bonds is 2. The summed E-state index contributed by atoms with van der Waals surface area (Å²) >= 11 is 0. The fourth-order valence-electron chi connectivity index (χ4n) is 3.08. The van der Waals surface area contributed by atoms with Crippen molar-refractivity contribution in [3.05, 3.63) is 51.3 Å². The standard InChI is InChI=1S/C18H23N5O2/c1-11-6-5-7-15(19-11)22-8-9-23(12(2)10-22)18(25)16-17(24)21-14(4)13(3)20-16/h5-7,12H,8-10H2,1-4H3,(H,21,24)/t12-/m1/s1. The Labute approximate surface area is 146 Å². The summed E-state index contributed by atoms with van der Waals surface area (Å²) in [7, 11) is 0. The Hall–Kier alpha value is -2.70. The van der Waals surface area contributed by atoms with Gasteiger partial charge in [0, 0.05) is 37.1 Å². The van der Waals surface area contributed by atoms with Crippen LogP contribution in [0.5, 0.6) is 0 Å². The number of nitrogens with one attached hydrogen (secondary N) is 1. The Morgan fingerprint density at radius 1 is 1.20 bits per heavy atom. The summed E-state index contributed by atoms with van der Waals surface area (Å²) in [6.07, 6.45) is 0. The van der Waals surface area contributed by atoms with Gasteiger partial charge in [-0.25, -0.2) is 9.97 Å². The number of pyridine rings is 1. The van der Waals surface area contributed by atoms with E-state index in [0.717, 1.165) is 11.5 Å². The lowest BCUT2D eigenvalue weighted by Gasteiger charge is -2.40. The number of amides is 1. The quantitative estimate of drug-likeness (QED) is 0.894. The molecule has 1 amide bonds. The molecule has 7 nitrogen and oxygen atoms in total. The largest absolute Gasteiger partial charge is 0.353 e. The van der Waals surface area contributed by atoms with E-state index in [-0.39, 0.29) is 17.6 Å². The number of nitrogens with zero attached hydrogens (tertiary/aromatic N) is 4. The van der Waals surface area contributed by atoms with Crippen LogP contribution in [0.15, 0.2) is 23.0 Å². The van der Waals surface area contributed by atoms with Crippen LogP contribution < -0.4 is 10.5 Å². The van der Waals surface area contributed by atoms with E-state index < -0.39 is 5.56 Å². The zero-order valence-corrected chi connectivity index (χ0v) is 15.0. The summed E-state index contributed by atoms with van der Waals surface area (Å²) in [4.78, 5) is 40.3. The molecule has 0 spiro atoms. The maximum Gasteiger partial charge on any atom is 0.279 e. The molecule has 3 rings (SSSR count). The molecule has 2 aromatic heterocycles. The molecule has 0 radical (unpaired) electrons. The zero-order valence-electron chi connectivity index (χ0n) is 15.0. The van der Waals surface area contributed by atoms with Crippen molar-refractivity contribution in [3.63, 3.8) is 0 Å². The summed E-state index contributed by atoms with van der Waals surface area (Å²) in [5.74, 6) is 0.606. The molecule has 0 saturated carbocycles. The van der Waals surface area contributed by atoms with Crippen LogP contribution in [-0.2, 0) is 0 Å². The molecule has 1 atom stereocenters. The first kappa shape index (κ1) is 17.1. The Bertz CT molecular complexity index is 861. The molecular weight excluding hydrogens is 318 g/mol. The molecule has 2 aromatic rings. The molecule has 3 heterocycles. The number of anilines is 1. The second kappa shape index (κ2) is 6.66. The van der Waals surface area contributed by atoms with Crippen LogP contribution >= 0.6 is 0 Å². The topological polar surface area (TPSA) is 82.2 Å². The fourth-order valence-corrected chi connectivity index (χ4v) is 3.08. The molecule has 1 aliphatic heterocycles. The predicted molar refractivity (Wildman–Crippen MR) is 96.0 cm³/mol. The molecule has 0 unspecified atom stereocenters. The van der Waals surface area contributed by atoms with Gasteiger partial charge in [0.1, 0.15) is 5.82 Å². The van der Waals surface area contributed by atoms with E-state index >= 15 is 0 Å². The van der Waals surface area contributed by atoms with E-state index in [9.17, 15) is 9.59 Å². The van der Waals surface area contributed by atoms with Crippen molar-refractivity contribution in [2.75, 3.05) is 24.5 Å². The molecule has 1 fully saturated rings. The Balaban J connectivity index is 1.79. The number of aromatic nitrogens is 3. The number of carbonyl (C=O) groups excluding carboxylic acids is 1. The second-order valence-corrected chi connectivity index (χ2v) is 6.56. The average molecular weight is 341 g/mol. The minimum atomic E-state index is -0.428.